The maximum absolute atomic E-state index is 14.6. The van der Waals surface area contributed by atoms with Gasteiger partial charge in [-0.1, -0.05) is 60.7 Å². The van der Waals surface area contributed by atoms with Gasteiger partial charge in [-0.3, -0.25) is 57.9 Å². The number of thioether (sulfide) groups is 1. The molecule has 5 rings (SSSR count). The molecule has 0 radical (unpaired) electrons. The number of rotatable bonds is 38. The number of hydrogen-bond acceptors (Lipinski definition) is 17. The minimum Gasteiger partial charge on any atom is -0.480 e. The number of carboxylic acids is 1. The van der Waals surface area contributed by atoms with Gasteiger partial charge in [-0.2, -0.15) is 11.8 Å². The number of benzene rings is 2. The van der Waals surface area contributed by atoms with Crippen LogP contribution < -0.4 is 71.6 Å². The van der Waals surface area contributed by atoms with Crippen LogP contribution in [-0.2, 0) is 65.6 Å². The summed E-state index contributed by atoms with van der Waals surface area (Å²) in [6.07, 6.45) is 5.67. The fourth-order valence-corrected chi connectivity index (χ4v) is 11.8. The lowest BCUT2D eigenvalue weighted by molar-refractivity contribution is -0.147. The van der Waals surface area contributed by atoms with Crippen LogP contribution in [-0.4, -0.2) is 227 Å². The maximum Gasteiger partial charge on any atom is 0.326 e. The first kappa shape index (κ1) is 75.1. The van der Waals surface area contributed by atoms with Crippen LogP contribution in [0.2, 0.25) is 0 Å². The largest absolute Gasteiger partial charge is 0.480 e. The van der Waals surface area contributed by atoms with Gasteiger partial charge in [-0.15, -0.1) is 0 Å². The molecule has 0 saturated carbocycles. The van der Waals surface area contributed by atoms with E-state index in [-0.39, 0.29) is 95.9 Å². The molecule has 0 aliphatic carbocycles. The number of nitrogens with zero attached hydrogens (tertiary/aromatic N) is 5. The Morgan fingerprint density at radius 3 is 1.54 bits per heavy atom. The molecular formula is C61H94N18O13S. The van der Waals surface area contributed by atoms with Gasteiger partial charge in [-0.25, -0.2) is 4.79 Å². The number of nitrogens with two attached hydrogens (primary N) is 6. The van der Waals surface area contributed by atoms with Crippen molar-refractivity contribution in [1.29, 1.82) is 0 Å². The SMILES string of the molecule is CSCC[C@H](NC(=O)[C@H](CCCN=C(N)N)NC(=O)[C@H](Cc1ccccc1)NC(=O)[C@@H]1CCCN1C(=O)[C@H](CO)NC(=O)[C@H](Cc1ccccc1)NC(=O)CNC(=O)[C@@H]1CCCN1C(=O)[C@@H]1CCCN1C(=O)[C@@H](N)CCCN=C(N)N)C(=O)N[C@@H](CCCCN)C(=O)O. The standard InChI is InChI=1S/C61H94N18O13S/c1-93-32-25-41(51(83)74-42(59(91)92)20-8-9-26-62)73-50(82)40(21-11-28-69-61(66)67)72-53(85)44(34-38-17-6-3-7-18-38)75-55(87)47-23-13-29-77(47)57(89)45(36-80)76-52(84)43(33-37-15-4-2-5-16-37)71-49(81)35-70-54(86)46-22-12-30-78(46)58(90)48-24-14-31-79(48)56(88)39(63)19-10-27-68-60(64)65/h2-7,15-18,39-48,80H,8-14,19-36,62-63H2,1H3,(H,70,86)(H,71,81)(H,72,85)(H,73,82)(H,74,83)(H,75,87)(H,76,84)(H,91,92)(H4,64,65,68)(H4,66,67,69)/t39-,40-,41-,42-,43-,44-,45-,46-,47-,48-/m0/s1. The lowest BCUT2D eigenvalue weighted by Gasteiger charge is -2.32. The van der Waals surface area contributed by atoms with E-state index in [1.54, 1.807) is 66.9 Å². The summed E-state index contributed by atoms with van der Waals surface area (Å²) in [7, 11) is 0. The summed E-state index contributed by atoms with van der Waals surface area (Å²) in [4.78, 5) is 165. The molecule has 10 amide bonds. The fraction of sp³-hybridized carbons (Fsp3) is 0.590. The highest BCUT2D eigenvalue weighted by atomic mass is 32.2. The van der Waals surface area contributed by atoms with Gasteiger partial charge in [0.2, 0.25) is 59.1 Å². The van der Waals surface area contributed by atoms with Gasteiger partial charge in [0, 0.05) is 45.6 Å². The van der Waals surface area contributed by atoms with Gasteiger partial charge in [0.15, 0.2) is 11.9 Å². The van der Waals surface area contributed by atoms with Gasteiger partial charge in [0.05, 0.1) is 19.2 Å². The lowest BCUT2D eigenvalue weighted by atomic mass is 10.0. The first-order valence-corrected chi connectivity index (χ1v) is 32.9. The molecule has 3 fully saturated rings. The maximum atomic E-state index is 14.6. The molecule has 3 aliphatic heterocycles. The zero-order chi connectivity index (χ0) is 68.0. The van der Waals surface area contributed by atoms with E-state index in [9.17, 15) is 63.0 Å². The third kappa shape index (κ3) is 24.1. The highest BCUT2D eigenvalue weighted by molar-refractivity contribution is 7.98. The third-order valence-corrected chi connectivity index (χ3v) is 16.9. The Bertz CT molecular complexity index is 2910. The summed E-state index contributed by atoms with van der Waals surface area (Å²) < 4.78 is 0. The second kappa shape index (κ2) is 39.0. The number of hydrogen-bond donors (Lipinski definition) is 15. The van der Waals surface area contributed by atoms with Crippen LogP contribution in [0.4, 0.5) is 0 Å². The van der Waals surface area contributed by atoms with E-state index in [0.717, 1.165) is 0 Å². The van der Waals surface area contributed by atoms with Crippen molar-refractivity contribution in [2.24, 2.45) is 44.4 Å². The minimum absolute atomic E-state index is 0.00492. The molecule has 0 bridgehead atoms. The molecule has 0 unspecified atom stereocenters. The number of aliphatic hydroxyl groups excluding tert-OH is 1. The Balaban J connectivity index is 1.27. The van der Waals surface area contributed by atoms with Crippen molar-refractivity contribution < 1.29 is 63.0 Å². The number of guanidine groups is 2. The summed E-state index contributed by atoms with van der Waals surface area (Å²) in [5, 5.41) is 39.0. The molecule has 0 spiro atoms. The Morgan fingerprint density at radius 1 is 0.548 bits per heavy atom. The molecule has 10 atom stereocenters. The number of amides is 10. The van der Waals surface area contributed by atoms with Gasteiger partial charge < -0.3 is 96.5 Å². The number of nitrogens with one attached hydrogen (secondary N) is 7. The molecule has 0 aromatic heterocycles. The first-order valence-electron chi connectivity index (χ1n) is 31.5. The molecule has 21 N–H and O–H groups in total. The molecule has 3 saturated heterocycles. The smallest absolute Gasteiger partial charge is 0.326 e. The van der Waals surface area contributed by atoms with E-state index >= 15 is 0 Å². The molecular weight excluding hydrogens is 1220 g/mol. The highest BCUT2D eigenvalue weighted by Gasteiger charge is 2.44. The van der Waals surface area contributed by atoms with Crippen molar-refractivity contribution >= 4 is 88.7 Å². The van der Waals surface area contributed by atoms with Crippen molar-refractivity contribution in [3.63, 3.8) is 0 Å². The first-order chi connectivity index (χ1) is 44.6. The summed E-state index contributed by atoms with van der Waals surface area (Å²) in [5.74, 6) is -8.30. The second-order valence-electron chi connectivity index (χ2n) is 23.2. The molecule has 93 heavy (non-hydrogen) atoms. The fourth-order valence-electron chi connectivity index (χ4n) is 11.4. The van der Waals surface area contributed by atoms with Gasteiger partial charge in [0.25, 0.3) is 0 Å². The summed E-state index contributed by atoms with van der Waals surface area (Å²) in [5.41, 5.74) is 34.9. The number of aliphatic carboxylic acids is 1. The van der Waals surface area contributed by atoms with Crippen molar-refractivity contribution in [2.45, 2.75) is 163 Å². The van der Waals surface area contributed by atoms with Crippen LogP contribution in [0.15, 0.2) is 70.6 Å². The van der Waals surface area contributed by atoms with Crippen molar-refractivity contribution in [3.8, 4) is 0 Å². The summed E-state index contributed by atoms with van der Waals surface area (Å²) in [6.45, 7) is -0.346. The van der Waals surface area contributed by atoms with Crippen LogP contribution in [0.5, 0.6) is 0 Å². The Labute approximate surface area is 545 Å². The molecule has 2 aromatic carbocycles. The van der Waals surface area contributed by atoms with Crippen molar-refractivity contribution in [3.05, 3.63) is 71.8 Å². The predicted molar refractivity (Wildman–Crippen MR) is 348 cm³/mol. The zero-order valence-electron chi connectivity index (χ0n) is 52.7. The van der Waals surface area contributed by atoms with E-state index in [0.29, 0.717) is 74.9 Å². The average Bonchev–Trinajstić information content (AvgIpc) is 1.73. The minimum atomic E-state index is -1.64. The van der Waals surface area contributed by atoms with Crippen LogP contribution >= 0.6 is 11.8 Å². The monoisotopic (exact) mass is 1320 g/mol. The molecule has 32 heteroatoms. The number of carboxylic acid groups (broad SMARTS) is 1. The molecule has 3 aliphatic rings. The van der Waals surface area contributed by atoms with Crippen molar-refractivity contribution in [1.82, 2.24) is 51.9 Å². The van der Waals surface area contributed by atoms with Gasteiger partial charge in [-0.05, 0) is 120 Å². The molecule has 512 valence electrons. The number of carbonyl (C=O) groups excluding carboxylic acids is 10. The third-order valence-electron chi connectivity index (χ3n) is 16.2. The van der Waals surface area contributed by atoms with E-state index in [4.69, 9.17) is 34.4 Å². The van der Waals surface area contributed by atoms with E-state index < -0.39 is 139 Å². The van der Waals surface area contributed by atoms with E-state index in [1.807, 2.05) is 0 Å². The summed E-state index contributed by atoms with van der Waals surface area (Å²) >= 11 is 1.39. The quantitative estimate of drug-likeness (QED) is 0.0172. The number of unbranched alkanes of at least 4 members (excludes halogenated alkanes) is 1. The Kier molecular flexibility index (Phi) is 31.5. The van der Waals surface area contributed by atoms with E-state index in [1.165, 1.54) is 26.5 Å². The molecule has 31 nitrogen and oxygen atoms in total. The lowest BCUT2D eigenvalue weighted by Crippen LogP contribution is -2.60. The number of likely N-dealkylation sites (tertiary alicyclic amines) is 3. The second-order valence-corrected chi connectivity index (χ2v) is 24.2. The van der Waals surface area contributed by atoms with Crippen LogP contribution in [0, 0.1) is 0 Å². The number of carbonyl (C=O) groups is 11. The number of aliphatic imine (C=N–C) groups is 2. The molecule has 2 aromatic rings. The summed E-state index contributed by atoms with van der Waals surface area (Å²) in [6, 6.07) is 5.08. The van der Waals surface area contributed by atoms with E-state index in [2.05, 4.69) is 47.2 Å². The zero-order valence-corrected chi connectivity index (χ0v) is 53.5. The van der Waals surface area contributed by atoms with Crippen molar-refractivity contribution in [2.75, 3.05) is 64.4 Å². The topological polar surface area (TPSA) is 503 Å². The van der Waals surface area contributed by atoms with Crippen LogP contribution in [0.1, 0.15) is 101 Å². The van der Waals surface area contributed by atoms with Gasteiger partial charge >= 0.3 is 5.97 Å². The van der Waals surface area contributed by atoms with Crippen LogP contribution in [0.25, 0.3) is 0 Å². The molecule has 3 heterocycles. The Morgan fingerprint density at radius 2 is 1.01 bits per heavy atom. The van der Waals surface area contributed by atoms with Gasteiger partial charge in [0.1, 0.15) is 54.4 Å². The van der Waals surface area contributed by atoms with Crippen LogP contribution in [0.3, 0.4) is 0 Å². The average molecular weight is 1320 g/mol. The number of aliphatic hydroxyl groups is 1. The predicted octanol–water partition coefficient (Wildman–Crippen LogP) is -4.14. The normalized spacial score (nSPS) is 18.2. The highest BCUT2D eigenvalue weighted by Crippen LogP contribution is 2.26. The Hall–Kier alpha value is -8.62.